The van der Waals surface area contributed by atoms with Gasteiger partial charge in [0.15, 0.2) is 0 Å². The number of rotatable bonds is 10. The van der Waals surface area contributed by atoms with Crippen molar-refractivity contribution in [3.05, 3.63) is 92.8 Å². The van der Waals surface area contributed by atoms with E-state index in [-0.39, 0.29) is 31.9 Å². The van der Waals surface area contributed by atoms with Crippen molar-refractivity contribution in [2.45, 2.75) is 31.3 Å². The number of carbonyl (C=O) groups excluding carboxylic acids is 2. The minimum atomic E-state index is -1.25. The second kappa shape index (κ2) is 11.4. The molecule has 0 radical (unpaired) electrons. The number of ether oxygens (including phenoxy) is 1. The van der Waals surface area contributed by atoms with Gasteiger partial charge in [-0.2, -0.15) is 0 Å². The summed E-state index contributed by atoms with van der Waals surface area (Å²) in [6, 6.07) is 15.9. The molecule has 0 bridgehead atoms. The number of aromatic nitrogens is 2. The van der Waals surface area contributed by atoms with Gasteiger partial charge in [0, 0.05) is 24.7 Å². The van der Waals surface area contributed by atoms with Crippen molar-refractivity contribution in [3.8, 4) is 11.1 Å². The third kappa shape index (κ3) is 6.13. The van der Waals surface area contributed by atoms with Gasteiger partial charge < -0.3 is 20.5 Å². The summed E-state index contributed by atoms with van der Waals surface area (Å²) in [5, 5.41) is 14.4. The lowest BCUT2D eigenvalue weighted by Gasteiger charge is -2.16. The zero-order chi connectivity index (χ0) is 26.4. The largest absolute Gasteiger partial charge is 0.480 e. The Bertz CT molecular complexity index is 1380. The zero-order valence-corrected chi connectivity index (χ0v) is 19.8. The van der Waals surface area contributed by atoms with Crippen molar-refractivity contribution < 1.29 is 24.2 Å². The molecule has 0 spiro atoms. The number of aliphatic carboxylic acids is 1. The van der Waals surface area contributed by atoms with Gasteiger partial charge in [0.25, 0.3) is 5.56 Å². The molecule has 2 amide bonds. The summed E-state index contributed by atoms with van der Waals surface area (Å²) in [6.45, 7) is -0.134. The number of H-pyrrole nitrogens is 1. The fourth-order valence-electron chi connectivity index (χ4n) is 4.37. The highest BCUT2D eigenvalue weighted by Crippen LogP contribution is 2.44. The van der Waals surface area contributed by atoms with Crippen molar-refractivity contribution in [1.29, 1.82) is 0 Å². The number of benzene rings is 2. The molecule has 1 heterocycles. The van der Waals surface area contributed by atoms with Crippen LogP contribution in [0.4, 0.5) is 4.79 Å². The van der Waals surface area contributed by atoms with E-state index < -0.39 is 41.8 Å². The van der Waals surface area contributed by atoms with Gasteiger partial charge in [0.2, 0.25) is 5.91 Å². The summed E-state index contributed by atoms with van der Waals surface area (Å²) in [6.07, 6.45) is 0.843. The van der Waals surface area contributed by atoms with Gasteiger partial charge >= 0.3 is 17.8 Å². The standard InChI is InChI=1S/C26H26N4O7/c31-22-11-13-30(25(35)29-22)14-23(32)28-21(24(33)34)10-5-12-27-26(36)37-15-20-18-8-3-1-6-16(18)17-7-2-4-9-19(17)20/h1-4,6-9,11,13,20-21H,5,10,12,14-15H2,(H,27,36)(H,28,32)(H,33,34)(H,29,31,35)/t21-/m1/s1. The summed E-state index contributed by atoms with van der Waals surface area (Å²) in [7, 11) is 0. The van der Waals surface area contributed by atoms with Crippen molar-refractivity contribution >= 4 is 18.0 Å². The number of carboxylic acids is 1. The first-order chi connectivity index (χ1) is 17.8. The van der Waals surface area contributed by atoms with Crippen LogP contribution < -0.4 is 21.9 Å². The average Bonchev–Trinajstić information content (AvgIpc) is 3.20. The van der Waals surface area contributed by atoms with E-state index in [2.05, 4.69) is 10.6 Å². The topological polar surface area (TPSA) is 160 Å². The quantitative estimate of drug-likeness (QED) is 0.303. The van der Waals surface area contributed by atoms with Crippen molar-refractivity contribution in [3.63, 3.8) is 0 Å². The number of carbonyl (C=O) groups is 3. The predicted molar refractivity (Wildman–Crippen MR) is 133 cm³/mol. The summed E-state index contributed by atoms with van der Waals surface area (Å²) >= 11 is 0. The lowest BCUT2D eigenvalue weighted by atomic mass is 9.98. The molecule has 11 nitrogen and oxygen atoms in total. The minimum absolute atomic E-state index is 0.0469. The number of carboxylic acid groups (broad SMARTS) is 1. The highest BCUT2D eigenvalue weighted by molar-refractivity contribution is 5.83. The van der Waals surface area contributed by atoms with Gasteiger partial charge in [-0.05, 0) is 35.1 Å². The van der Waals surface area contributed by atoms with Crippen LogP contribution in [0.2, 0.25) is 0 Å². The SMILES string of the molecule is O=C(Cn1ccc(=O)[nH]c1=O)N[C@H](CCCNC(=O)OCC1c2ccccc2-c2ccccc21)C(=O)O. The number of hydrogen-bond acceptors (Lipinski definition) is 6. The maximum absolute atomic E-state index is 12.3. The monoisotopic (exact) mass is 506 g/mol. The zero-order valence-electron chi connectivity index (χ0n) is 19.8. The molecule has 1 aromatic heterocycles. The molecule has 1 aliphatic carbocycles. The molecule has 0 unspecified atom stereocenters. The number of fused-ring (bicyclic) bond motifs is 3. The van der Waals surface area contributed by atoms with Crippen molar-refractivity contribution in [2.24, 2.45) is 0 Å². The number of nitrogens with zero attached hydrogens (tertiary/aromatic N) is 1. The Morgan fingerprint density at radius 3 is 2.27 bits per heavy atom. The fourth-order valence-corrected chi connectivity index (χ4v) is 4.37. The summed E-state index contributed by atoms with van der Waals surface area (Å²) in [5.41, 5.74) is 3.07. The third-order valence-electron chi connectivity index (χ3n) is 6.13. The number of hydrogen-bond donors (Lipinski definition) is 4. The van der Waals surface area contributed by atoms with Gasteiger partial charge in [-0.3, -0.25) is 19.1 Å². The molecule has 4 rings (SSSR count). The first-order valence-electron chi connectivity index (χ1n) is 11.7. The molecule has 1 atom stereocenters. The van der Waals surface area contributed by atoms with E-state index in [1.54, 1.807) is 0 Å². The van der Waals surface area contributed by atoms with Crippen LogP contribution in [0.3, 0.4) is 0 Å². The molecule has 0 fully saturated rings. The van der Waals surface area contributed by atoms with E-state index in [0.717, 1.165) is 39.1 Å². The molecule has 1 aliphatic rings. The molecule has 4 N–H and O–H groups in total. The van der Waals surface area contributed by atoms with Crippen LogP contribution >= 0.6 is 0 Å². The smallest absolute Gasteiger partial charge is 0.407 e. The number of amides is 2. The van der Waals surface area contributed by atoms with Crippen LogP contribution in [-0.2, 0) is 20.9 Å². The van der Waals surface area contributed by atoms with Crippen LogP contribution in [0, 0.1) is 0 Å². The molecule has 0 saturated heterocycles. The average molecular weight is 507 g/mol. The van der Waals surface area contributed by atoms with E-state index in [9.17, 15) is 29.1 Å². The van der Waals surface area contributed by atoms with Gasteiger partial charge in [0.1, 0.15) is 19.2 Å². The molecular weight excluding hydrogens is 480 g/mol. The molecule has 37 heavy (non-hydrogen) atoms. The van der Waals surface area contributed by atoms with Crippen molar-refractivity contribution in [1.82, 2.24) is 20.2 Å². The predicted octanol–water partition coefficient (Wildman–Crippen LogP) is 1.42. The summed E-state index contributed by atoms with van der Waals surface area (Å²) in [5.74, 6) is -2.02. The van der Waals surface area contributed by atoms with Gasteiger partial charge in [-0.25, -0.2) is 14.4 Å². The van der Waals surface area contributed by atoms with Crippen LogP contribution in [0.15, 0.2) is 70.4 Å². The van der Waals surface area contributed by atoms with E-state index in [1.807, 2.05) is 53.5 Å². The Morgan fingerprint density at radius 1 is 1.00 bits per heavy atom. The minimum Gasteiger partial charge on any atom is -0.480 e. The van der Waals surface area contributed by atoms with Gasteiger partial charge in [0.05, 0.1) is 0 Å². The molecule has 3 aromatic rings. The Morgan fingerprint density at radius 2 is 1.65 bits per heavy atom. The molecule has 11 heteroatoms. The fraction of sp³-hybridized carbons (Fsp3) is 0.269. The van der Waals surface area contributed by atoms with Gasteiger partial charge in [-0.15, -0.1) is 0 Å². The van der Waals surface area contributed by atoms with E-state index in [0.29, 0.717) is 0 Å². The number of alkyl carbamates (subject to hydrolysis) is 1. The number of nitrogens with one attached hydrogen (secondary N) is 3. The second-order valence-corrected chi connectivity index (χ2v) is 8.59. The van der Waals surface area contributed by atoms with E-state index in [4.69, 9.17) is 4.74 Å². The summed E-state index contributed by atoms with van der Waals surface area (Å²) in [4.78, 5) is 60.8. The highest BCUT2D eigenvalue weighted by atomic mass is 16.5. The number of aromatic amines is 1. The molecule has 0 aliphatic heterocycles. The van der Waals surface area contributed by atoms with Crippen LogP contribution in [-0.4, -0.2) is 51.8 Å². The van der Waals surface area contributed by atoms with Crippen LogP contribution in [0.25, 0.3) is 11.1 Å². The van der Waals surface area contributed by atoms with Crippen LogP contribution in [0.5, 0.6) is 0 Å². The Hall–Kier alpha value is -4.67. The maximum atomic E-state index is 12.3. The maximum Gasteiger partial charge on any atom is 0.407 e. The first-order valence-corrected chi connectivity index (χ1v) is 11.7. The Labute approximate surface area is 211 Å². The molecule has 192 valence electrons. The lowest BCUT2D eigenvalue weighted by molar-refractivity contribution is -0.142. The summed E-state index contributed by atoms with van der Waals surface area (Å²) < 4.78 is 6.40. The molecule has 2 aromatic carbocycles. The van der Waals surface area contributed by atoms with Gasteiger partial charge in [-0.1, -0.05) is 48.5 Å². The highest BCUT2D eigenvalue weighted by Gasteiger charge is 2.29. The molecular formula is C26H26N4O7. The van der Waals surface area contributed by atoms with Crippen LogP contribution in [0.1, 0.15) is 29.9 Å². The third-order valence-corrected chi connectivity index (χ3v) is 6.13. The Kier molecular flexibility index (Phi) is 7.82. The lowest BCUT2D eigenvalue weighted by Crippen LogP contribution is -2.44. The van der Waals surface area contributed by atoms with E-state index >= 15 is 0 Å². The first kappa shape index (κ1) is 25.4. The Balaban J connectivity index is 1.22. The normalized spacial score (nSPS) is 12.8. The van der Waals surface area contributed by atoms with E-state index in [1.165, 1.54) is 0 Å². The van der Waals surface area contributed by atoms with Crippen molar-refractivity contribution in [2.75, 3.05) is 13.2 Å². The molecule has 0 saturated carbocycles. The second-order valence-electron chi connectivity index (χ2n) is 8.59.